The van der Waals surface area contributed by atoms with Gasteiger partial charge in [-0.1, -0.05) is 17.7 Å². The highest BCUT2D eigenvalue weighted by molar-refractivity contribution is 8.18. The van der Waals surface area contributed by atoms with Crippen LogP contribution in [-0.2, 0) is 14.3 Å². The van der Waals surface area contributed by atoms with Crippen molar-refractivity contribution in [3.63, 3.8) is 0 Å². The smallest absolute Gasteiger partial charge is 0.328 e. The maximum atomic E-state index is 12.7. The maximum absolute atomic E-state index is 12.7. The quantitative estimate of drug-likeness (QED) is 0.519. The molecule has 1 atom stereocenters. The van der Waals surface area contributed by atoms with Crippen LogP contribution in [0.4, 0.5) is 4.79 Å². The second-order valence-corrected chi connectivity index (χ2v) is 8.20. The highest BCUT2D eigenvalue weighted by Crippen LogP contribution is 2.35. The number of methoxy groups -OCH3 is 1. The molecule has 8 heteroatoms. The molecule has 3 rings (SSSR count). The van der Waals surface area contributed by atoms with Crippen LogP contribution >= 0.6 is 23.4 Å². The van der Waals surface area contributed by atoms with Gasteiger partial charge in [-0.3, -0.25) is 14.5 Å². The lowest BCUT2D eigenvalue weighted by atomic mass is 10.2. The van der Waals surface area contributed by atoms with Gasteiger partial charge in [0.05, 0.1) is 12.0 Å². The summed E-state index contributed by atoms with van der Waals surface area (Å²) in [5, 5.41) is 0.188. The van der Waals surface area contributed by atoms with Crippen molar-refractivity contribution >= 4 is 46.6 Å². The molecule has 0 bridgehead atoms. The number of ether oxygens (including phenoxy) is 1. The lowest BCUT2D eigenvalue weighted by Crippen LogP contribution is -2.42. The van der Waals surface area contributed by atoms with E-state index in [2.05, 4.69) is 9.30 Å². The molecule has 0 N–H and O–H groups in total. The molecule has 6 nitrogen and oxygen atoms in total. The molecule has 2 aromatic rings. The van der Waals surface area contributed by atoms with Crippen molar-refractivity contribution in [2.24, 2.45) is 0 Å². The summed E-state index contributed by atoms with van der Waals surface area (Å²) < 4.78 is 6.72. The molecule has 1 aromatic heterocycles. The van der Waals surface area contributed by atoms with Crippen LogP contribution in [0.25, 0.3) is 11.8 Å². The predicted octanol–water partition coefficient (Wildman–Crippen LogP) is 4.65. The molecule has 1 fully saturated rings. The molecular formula is C21H21ClN2O4S. The van der Waals surface area contributed by atoms with Crippen molar-refractivity contribution in [2.45, 2.75) is 33.7 Å². The highest BCUT2D eigenvalue weighted by Gasteiger charge is 2.41. The molecule has 0 unspecified atom stereocenters. The molecule has 152 valence electrons. The summed E-state index contributed by atoms with van der Waals surface area (Å²) in [5.41, 5.74) is 4.62. The van der Waals surface area contributed by atoms with E-state index >= 15 is 0 Å². The van der Waals surface area contributed by atoms with E-state index in [1.165, 1.54) is 14.0 Å². The second-order valence-electron chi connectivity index (χ2n) is 6.80. The Morgan fingerprint density at radius 2 is 1.93 bits per heavy atom. The van der Waals surface area contributed by atoms with E-state index in [1.54, 1.807) is 6.08 Å². The Kier molecular flexibility index (Phi) is 5.91. The standard InChI is InChI=1S/C21H21ClN2O4S/c1-11-9-15(13(3)23(11)17-8-6-7-16(22)12(17)2)10-18-19(25)24(21(27)29-18)14(4)20(26)28-5/h6-10,14H,1-5H3/b18-10+/t14-/m1/s1. The van der Waals surface area contributed by atoms with E-state index in [9.17, 15) is 14.4 Å². The molecule has 1 saturated heterocycles. The Morgan fingerprint density at radius 1 is 1.24 bits per heavy atom. The zero-order chi connectivity index (χ0) is 21.5. The minimum absolute atomic E-state index is 0.272. The van der Waals surface area contributed by atoms with Crippen LogP contribution in [0.15, 0.2) is 29.2 Å². The number of rotatable bonds is 4. The fraction of sp³-hybridized carbons (Fsp3) is 0.286. The highest BCUT2D eigenvalue weighted by atomic mass is 35.5. The number of esters is 1. The lowest BCUT2D eigenvalue weighted by molar-refractivity contribution is -0.148. The summed E-state index contributed by atoms with van der Waals surface area (Å²) in [5.74, 6) is -1.13. The van der Waals surface area contributed by atoms with Gasteiger partial charge in [-0.2, -0.15) is 0 Å². The van der Waals surface area contributed by atoms with E-state index in [-0.39, 0.29) is 4.91 Å². The van der Waals surface area contributed by atoms with Crippen LogP contribution < -0.4 is 0 Å². The Hall–Kier alpha value is -2.51. The van der Waals surface area contributed by atoms with Crippen LogP contribution in [0.2, 0.25) is 5.02 Å². The number of aryl methyl sites for hydroxylation is 1. The van der Waals surface area contributed by atoms with Crippen LogP contribution in [0.5, 0.6) is 0 Å². The number of nitrogens with zero attached hydrogens (tertiary/aromatic N) is 2. The minimum Gasteiger partial charge on any atom is -0.467 e. The molecule has 0 saturated carbocycles. The van der Waals surface area contributed by atoms with Crippen molar-refractivity contribution < 1.29 is 19.1 Å². The van der Waals surface area contributed by atoms with E-state index in [4.69, 9.17) is 11.6 Å². The van der Waals surface area contributed by atoms with Crippen molar-refractivity contribution in [1.82, 2.24) is 9.47 Å². The third-order valence-electron chi connectivity index (χ3n) is 4.99. The first-order chi connectivity index (χ1) is 13.7. The topological polar surface area (TPSA) is 68.6 Å². The first kappa shape index (κ1) is 21.2. The fourth-order valence-electron chi connectivity index (χ4n) is 3.37. The van der Waals surface area contributed by atoms with Gasteiger partial charge < -0.3 is 9.30 Å². The molecule has 1 aliphatic rings. The van der Waals surface area contributed by atoms with Gasteiger partial charge in [0.25, 0.3) is 11.1 Å². The van der Waals surface area contributed by atoms with Gasteiger partial charge in [0.2, 0.25) is 0 Å². The zero-order valence-electron chi connectivity index (χ0n) is 16.8. The predicted molar refractivity (Wildman–Crippen MR) is 114 cm³/mol. The van der Waals surface area contributed by atoms with Gasteiger partial charge in [-0.05, 0) is 74.9 Å². The second kappa shape index (κ2) is 8.08. The molecular weight excluding hydrogens is 412 g/mol. The summed E-state index contributed by atoms with van der Waals surface area (Å²) in [6.07, 6.45) is 1.69. The van der Waals surface area contributed by atoms with Gasteiger partial charge >= 0.3 is 5.97 Å². The van der Waals surface area contributed by atoms with Gasteiger partial charge in [0, 0.05) is 22.1 Å². The number of carbonyl (C=O) groups excluding carboxylic acids is 3. The molecule has 1 aliphatic heterocycles. The SMILES string of the molecule is COC(=O)[C@@H](C)N1C(=O)S/C(=C/c2cc(C)n(-c3cccc(Cl)c3C)c2C)C1=O. The molecule has 2 heterocycles. The van der Waals surface area contributed by atoms with E-state index in [1.807, 2.05) is 45.0 Å². The fourth-order valence-corrected chi connectivity index (χ4v) is 4.44. The van der Waals surface area contributed by atoms with Crippen LogP contribution in [-0.4, -0.2) is 39.7 Å². The minimum atomic E-state index is -0.972. The Labute approximate surface area is 178 Å². The largest absolute Gasteiger partial charge is 0.467 e. The molecule has 2 amide bonds. The number of imide groups is 1. The normalized spacial score (nSPS) is 16.6. The third-order valence-corrected chi connectivity index (χ3v) is 6.28. The Morgan fingerprint density at radius 3 is 2.59 bits per heavy atom. The summed E-state index contributed by atoms with van der Waals surface area (Å²) in [6, 6.07) is 6.70. The summed E-state index contributed by atoms with van der Waals surface area (Å²) in [7, 11) is 1.22. The van der Waals surface area contributed by atoms with Crippen LogP contribution in [0, 0.1) is 20.8 Å². The first-order valence-electron chi connectivity index (χ1n) is 8.96. The number of hydrogen-bond donors (Lipinski definition) is 0. The monoisotopic (exact) mass is 432 g/mol. The number of aromatic nitrogens is 1. The van der Waals surface area contributed by atoms with Crippen molar-refractivity contribution in [3.8, 4) is 5.69 Å². The van der Waals surface area contributed by atoms with Crippen LogP contribution in [0.3, 0.4) is 0 Å². The third kappa shape index (κ3) is 3.72. The average molecular weight is 433 g/mol. The zero-order valence-corrected chi connectivity index (χ0v) is 18.4. The Bertz CT molecular complexity index is 1060. The summed E-state index contributed by atoms with van der Waals surface area (Å²) >= 11 is 7.10. The van der Waals surface area contributed by atoms with Crippen molar-refractivity contribution in [1.29, 1.82) is 0 Å². The maximum Gasteiger partial charge on any atom is 0.328 e. The molecule has 0 aliphatic carbocycles. The van der Waals surface area contributed by atoms with Gasteiger partial charge in [-0.15, -0.1) is 0 Å². The number of benzene rings is 1. The van der Waals surface area contributed by atoms with E-state index in [0.717, 1.165) is 44.9 Å². The number of halogens is 1. The lowest BCUT2D eigenvalue weighted by Gasteiger charge is -2.18. The van der Waals surface area contributed by atoms with Crippen molar-refractivity contribution in [2.75, 3.05) is 7.11 Å². The summed E-state index contributed by atoms with van der Waals surface area (Å²) in [4.78, 5) is 38.0. The van der Waals surface area contributed by atoms with Crippen LogP contribution in [0.1, 0.15) is 29.4 Å². The number of hydrogen-bond acceptors (Lipinski definition) is 5. The Balaban J connectivity index is 2.00. The molecule has 0 radical (unpaired) electrons. The number of carbonyl (C=O) groups is 3. The van der Waals surface area contributed by atoms with E-state index in [0.29, 0.717) is 5.02 Å². The van der Waals surface area contributed by atoms with Crippen molar-refractivity contribution in [3.05, 3.63) is 56.7 Å². The van der Waals surface area contributed by atoms with E-state index < -0.39 is 23.2 Å². The number of amides is 2. The number of thioether (sulfide) groups is 1. The average Bonchev–Trinajstić information content (AvgIpc) is 3.11. The van der Waals surface area contributed by atoms with Gasteiger partial charge in [0.15, 0.2) is 0 Å². The molecule has 29 heavy (non-hydrogen) atoms. The summed E-state index contributed by atoms with van der Waals surface area (Å²) in [6.45, 7) is 7.34. The first-order valence-corrected chi connectivity index (χ1v) is 10.2. The van der Waals surface area contributed by atoms with Gasteiger partial charge in [0.1, 0.15) is 6.04 Å². The van der Waals surface area contributed by atoms with Gasteiger partial charge in [-0.25, -0.2) is 4.79 Å². The molecule has 1 aromatic carbocycles. The molecule has 0 spiro atoms.